The van der Waals surface area contributed by atoms with Gasteiger partial charge in [-0.3, -0.25) is 14.5 Å². The van der Waals surface area contributed by atoms with Crippen LogP contribution in [-0.4, -0.2) is 47.6 Å². The second-order valence-electron chi connectivity index (χ2n) is 5.08. The van der Waals surface area contributed by atoms with Crippen molar-refractivity contribution >= 4 is 11.9 Å². The first-order chi connectivity index (χ1) is 8.15. The highest BCUT2D eigenvalue weighted by Crippen LogP contribution is 2.26. The van der Waals surface area contributed by atoms with Crippen LogP contribution in [0.2, 0.25) is 0 Å². The molecule has 1 saturated carbocycles. The van der Waals surface area contributed by atoms with Crippen LogP contribution in [0.15, 0.2) is 0 Å². The van der Waals surface area contributed by atoms with Crippen molar-refractivity contribution in [1.29, 1.82) is 0 Å². The first-order valence-corrected chi connectivity index (χ1v) is 6.39. The van der Waals surface area contributed by atoms with Crippen LogP contribution in [0.1, 0.15) is 32.1 Å². The van der Waals surface area contributed by atoms with E-state index < -0.39 is 5.97 Å². The van der Waals surface area contributed by atoms with E-state index in [9.17, 15) is 9.59 Å². The summed E-state index contributed by atoms with van der Waals surface area (Å²) in [7, 11) is 0. The van der Waals surface area contributed by atoms with E-state index in [1.165, 1.54) is 6.42 Å². The predicted molar refractivity (Wildman–Crippen MR) is 62.6 cm³/mol. The van der Waals surface area contributed by atoms with E-state index in [4.69, 9.17) is 5.11 Å². The molecule has 0 aromatic carbocycles. The number of nitrogens with zero attached hydrogens (tertiary/aromatic N) is 1. The van der Waals surface area contributed by atoms with E-state index in [-0.39, 0.29) is 24.4 Å². The first kappa shape index (κ1) is 12.4. The minimum atomic E-state index is -0.776. The van der Waals surface area contributed by atoms with Crippen molar-refractivity contribution in [2.75, 3.05) is 19.6 Å². The maximum Gasteiger partial charge on any atom is 0.317 e. The van der Waals surface area contributed by atoms with Crippen molar-refractivity contribution < 1.29 is 14.7 Å². The van der Waals surface area contributed by atoms with Crippen LogP contribution >= 0.6 is 0 Å². The topological polar surface area (TPSA) is 69.6 Å². The molecule has 5 nitrogen and oxygen atoms in total. The molecule has 1 amide bonds. The quantitative estimate of drug-likeness (QED) is 0.748. The van der Waals surface area contributed by atoms with Gasteiger partial charge in [-0.25, -0.2) is 0 Å². The second kappa shape index (κ2) is 5.49. The smallest absolute Gasteiger partial charge is 0.317 e. The molecule has 0 unspecified atom stereocenters. The van der Waals surface area contributed by atoms with Crippen LogP contribution < -0.4 is 5.32 Å². The Morgan fingerprint density at radius 2 is 1.82 bits per heavy atom. The fraction of sp³-hybridized carbons (Fsp3) is 0.833. The zero-order valence-corrected chi connectivity index (χ0v) is 10.0. The molecule has 2 N–H and O–H groups in total. The standard InChI is InChI=1S/C12H20N2O3/c15-11(16)8-14-6-4-10(5-7-14)13-12(17)9-2-1-3-9/h9-10H,1-8H2,(H,13,17)(H,15,16). The van der Waals surface area contributed by atoms with Gasteiger partial charge >= 0.3 is 5.97 Å². The number of likely N-dealkylation sites (tertiary alicyclic amines) is 1. The van der Waals surface area contributed by atoms with Crippen LogP contribution in [0.25, 0.3) is 0 Å². The summed E-state index contributed by atoms with van der Waals surface area (Å²) in [6.45, 7) is 1.65. The normalized spacial score (nSPS) is 23.1. The number of rotatable bonds is 4. The summed E-state index contributed by atoms with van der Waals surface area (Å²) in [5, 5.41) is 11.8. The van der Waals surface area contributed by atoms with Crippen molar-refractivity contribution in [3.8, 4) is 0 Å². The van der Waals surface area contributed by atoms with E-state index in [1.807, 2.05) is 4.90 Å². The van der Waals surface area contributed by atoms with Crippen molar-refractivity contribution in [3.63, 3.8) is 0 Å². The number of hydrogen-bond donors (Lipinski definition) is 2. The van der Waals surface area contributed by atoms with Crippen molar-refractivity contribution in [2.24, 2.45) is 5.92 Å². The van der Waals surface area contributed by atoms with Gasteiger partial charge in [-0.2, -0.15) is 0 Å². The van der Waals surface area contributed by atoms with Gasteiger partial charge in [0.05, 0.1) is 6.54 Å². The first-order valence-electron chi connectivity index (χ1n) is 6.39. The van der Waals surface area contributed by atoms with Gasteiger partial charge in [-0.15, -0.1) is 0 Å². The highest BCUT2D eigenvalue weighted by atomic mass is 16.4. The van der Waals surface area contributed by atoms with Gasteiger partial charge in [0.2, 0.25) is 5.91 Å². The Morgan fingerprint density at radius 3 is 2.29 bits per heavy atom. The summed E-state index contributed by atoms with van der Waals surface area (Å²) in [5.74, 6) is -0.332. The molecule has 17 heavy (non-hydrogen) atoms. The van der Waals surface area contributed by atoms with Crippen LogP contribution in [0.5, 0.6) is 0 Å². The van der Waals surface area contributed by atoms with E-state index in [0.717, 1.165) is 38.8 Å². The molecule has 0 radical (unpaired) electrons. The van der Waals surface area contributed by atoms with Crippen LogP contribution in [0.3, 0.4) is 0 Å². The highest BCUT2D eigenvalue weighted by molar-refractivity contribution is 5.79. The molecule has 5 heteroatoms. The minimum Gasteiger partial charge on any atom is -0.480 e. The van der Waals surface area contributed by atoms with Gasteiger partial charge in [0, 0.05) is 25.0 Å². The van der Waals surface area contributed by atoms with Crippen LogP contribution in [0.4, 0.5) is 0 Å². The highest BCUT2D eigenvalue weighted by Gasteiger charge is 2.28. The number of carbonyl (C=O) groups excluding carboxylic acids is 1. The summed E-state index contributed by atoms with van der Waals surface area (Å²) in [6.07, 6.45) is 4.97. The zero-order chi connectivity index (χ0) is 12.3. The predicted octanol–water partition coefficient (Wildman–Crippen LogP) is 0.452. The van der Waals surface area contributed by atoms with Gasteiger partial charge in [-0.1, -0.05) is 6.42 Å². The molecule has 0 atom stereocenters. The van der Waals surface area contributed by atoms with Gasteiger partial charge in [0.15, 0.2) is 0 Å². The number of nitrogens with one attached hydrogen (secondary N) is 1. The third-order valence-corrected chi connectivity index (χ3v) is 3.77. The number of hydrogen-bond acceptors (Lipinski definition) is 3. The zero-order valence-electron chi connectivity index (χ0n) is 10.0. The molecule has 1 saturated heterocycles. The van der Waals surface area contributed by atoms with Crippen molar-refractivity contribution in [1.82, 2.24) is 10.2 Å². The lowest BCUT2D eigenvalue weighted by Gasteiger charge is -2.33. The molecule has 2 fully saturated rings. The molecule has 0 bridgehead atoms. The number of carboxylic acid groups (broad SMARTS) is 1. The summed E-state index contributed by atoms with van der Waals surface area (Å²) >= 11 is 0. The van der Waals surface area contributed by atoms with Gasteiger partial charge < -0.3 is 10.4 Å². The molecule has 96 valence electrons. The Balaban J connectivity index is 1.68. The lowest BCUT2D eigenvalue weighted by molar-refractivity contribution is -0.139. The number of carboxylic acids is 1. The molecular formula is C12H20N2O3. The van der Waals surface area contributed by atoms with Crippen molar-refractivity contribution in [2.45, 2.75) is 38.1 Å². The van der Waals surface area contributed by atoms with Gasteiger partial charge in [0.1, 0.15) is 0 Å². The maximum atomic E-state index is 11.7. The van der Waals surface area contributed by atoms with Crippen molar-refractivity contribution in [3.05, 3.63) is 0 Å². The number of piperidine rings is 1. The Labute approximate surface area is 101 Å². The number of amides is 1. The summed E-state index contributed by atoms with van der Waals surface area (Å²) < 4.78 is 0. The third kappa shape index (κ3) is 3.43. The maximum absolute atomic E-state index is 11.7. The number of carbonyl (C=O) groups is 2. The monoisotopic (exact) mass is 240 g/mol. The summed E-state index contributed by atoms with van der Waals surface area (Å²) in [5.41, 5.74) is 0. The molecule has 2 rings (SSSR count). The SMILES string of the molecule is O=C(O)CN1CCC(NC(=O)C2CCC2)CC1. The molecule has 0 aromatic rings. The van der Waals surface area contributed by atoms with Gasteiger partial charge in [0.25, 0.3) is 0 Å². The minimum absolute atomic E-state index is 0.114. The Hall–Kier alpha value is -1.10. The third-order valence-electron chi connectivity index (χ3n) is 3.77. The second-order valence-corrected chi connectivity index (χ2v) is 5.08. The fourth-order valence-electron chi connectivity index (χ4n) is 2.42. The molecule has 1 aliphatic carbocycles. The molecule has 2 aliphatic rings. The van der Waals surface area contributed by atoms with E-state index in [1.54, 1.807) is 0 Å². The Kier molecular flexibility index (Phi) is 3.99. The Bertz CT molecular complexity index is 294. The Morgan fingerprint density at radius 1 is 1.18 bits per heavy atom. The van der Waals surface area contributed by atoms with Gasteiger partial charge in [-0.05, 0) is 25.7 Å². The number of aliphatic carboxylic acids is 1. The molecule has 0 spiro atoms. The average Bonchev–Trinajstić information content (AvgIpc) is 2.17. The lowest BCUT2D eigenvalue weighted by Crippen LogP contribution is -2.48. The van der Waals surface area contributed by atoms with E-state index in [2.05, 4.69) is 5.32 Å². The largest absolute Gasteiger partial charge is 0.480 e. The summed E-state index contributed by atoms with van der Waals surface area (Å²) in [4.78, 5) is 24.2. The average molecular weight is 240 g/mol. The van der Waals surface area contributed by atoms with E-state index >= 15 is 0 Å². The van der Waals surface area contributed by atoms with Crippen LogP contribution in [-0.2, 0) is 9.59 Å². The molecular weight excluding hydrogens is 220 g/mol. The molecule has 1 heterocycles. The lowest BCUT2D eigenvalue weighted by atomic mass is 9.84. The summed E-state index contributed by atoms with van der Waals surface area (Å²) in [6, 6.07) is 0.244. The van der Waals surface area contributed by atoms with E-state index in [0.29, 0.717) is 0 Å². The van der Waals surface area contributed by atoms with Crippen LogP contribution in [0, 0.1) is 5.92 Å². The molecule has 1 aliphatic heterocycles. The fourth-order valence-corrected chi connectivity index (χ4v) is 2.42. The molecule has 0 aromatic heterocycles.